The Labute approximate surface area is 98.7 Å². The van der Waals surface area contributed by atoms with Crippen molar-refractivity contribution >= 4 is 25.0 Å². The molecule has 0 fully saturated rings. The van der Waals surface area contributed by atoms with Crippen LogP contribution in [0, 0.1) is 0 Å². The molecule has 0 aliphatic rings. The number of hydrogen-bond donors (Lipinski definition) is 1. The van der Waals surface area contributed by atoms with Gasteiger partial charge in [-0.15, -0.1) is 0 Å². The van der Waals surface area contributed by atoms with Crippen LogP contribution in [-0.4, -0.2) is 23.4 Å². The summed E-state index contributed by atoms with van der Waals surface area (Å²) >= 11 is 5.79. The minimum Gasteiger partial charge on any atom is -0.324 e. The fraction of sp³-hybridized carbons (Fsp3) is 0.300. The van der Waals surface area contributed by atoms with Crippen molar-refractivity contribution in [3.05, 3.63) is 34.9 Å². The molecule has 16 heavy (non-hydrogen) atoms. The molecule has 0 aromatic heterocycles. The highest BCUT2D eigenvalue weighted by molar-refractivity contribution is 7.53. The molecule has 1 unspecified atom stereocenters. The molecule has 88 valence electrons. The molecular formula is C10H12ClO4P. The first-order valence-electron chi connectivity index (χ1n) is 4.70. The topological polar surface area (TPSA) is 63.6 Å². The van der Waals surface area contributed by atoms with E-state index in [-0.39, 0.29) is 17.2 Å². The van der Waals surface area contributed by atoms with Crippen molar-refractivity contribution in [2.45, 2.75) is 6.92 Å². The van der Waals surface area contributed by atoms with E-state index in [0.717, 1.165) is 0 Å². The van der Waals surface area contributed by atoms with E-state index in [1.165, 1.54) is 6.07 Å². The van der Waals surface area contributed by atoms with Gasteiger partial charge in [0.05, 0.1) is 11.6 Å². The second-order valence-electron chi connectivity index (χ2n) is 3.12. The van der Waals surface area contributed by atoms with E-state index in [1.807, 2.05) is 0 Å². The van der Waals surface area contributed by atoms with Crippen molar-refractivity contribution in [3.8, 4) is 0 Å². The SMILES string of the molecule is CCOP(=O)(O)CC(=O)c1ccccc1Cl. The van der Waals surface area contributed by atoms with E-state index >= 15 is 0 Å². The third-order valence-corrected chi connectivity index (χ3v) is 3.53. The van der Waals surface area contributed by atoms with E-state index in [4.69, 9.17) is 11.6 Å². The van der Waals surface area contributed by atoms with Crippen LogP contribution in [0.5, 0.6) is 0 Å². The predicted molar refractivity (Wildman–Crippen MR) is 62.1 cm³/mol. The molecule has 0 bridgehead atoms. The molecule has 1 N–H and O–H groups in total. The van der Waals surface area contributed by atoms with Crippen LogP contribution >= 0.6 is 19.2 Å². The van der Waals surface area contributed by atoms with Gasteiger partial charge < -0.3 is 9.42 Å². The van der Waals surface area contributed by atoms with Gasteiger partial charge in [-0.3, -0.25) is 9.36 Å². The Balaban J connectivity index is 2.81. The van der Waals surface area contributed by atoms with Gasteiger partial charge in [-0.2, -0.15) is 0 Å². The van der Waals surface area contributed by atoms with Crippen LogP contribution in [0.15, 0.2) is 24.3 Å². The summed E-state index contributed by atoms with van der Waals surface area (Å²) < 4.78 is 16.0. The second kappa shape index (κ2) is 5.60. The second-order valence-corrected chi connectivity index (χ2v) is 5.37. The lowest BCUT2D eigenvalue weighted by Gasteiger charge is -2.10. The zero-order chi connectivity index (χ0) is 12.2. The van der Waals surface area contributed by atoms with Gasteiger partial charge in [-0.25, -0.2) is 0 Å². The Kier molecular flexibility index (Phi) is 4.69. The van der Waals surface area contributed by atoms with Crippen molar-refractivity contribution in [2.75, 3.05) is 12.8 Å². The Bertz CT molecular complexity index is 433. The molecule has 1 atom stereocenters. The third-order valence-electron chi connectivity index (χ3n) is 1.85. The van der Waals surface area contributed by atoms with Crippen LogP contribution in [0.1, 0.15) is 17.3 Å². The third kappa shape index (κ3) is 3.72. The average Bonchev–Trinajstić information content (AvgIpc) is 2.17. The van der Waals surface area contributed by atoms with Crippen molar-refractivity contribution < 1.29 is 18.8 Å². The summed E-state index contributed by atoms with van der Waals surface area (Å²) in [4.78, 5) is 21.0. The summed E-state index contributed by atoms with van der Waals surface area (Å²) in [7, 11) is -3.84. The Morgan fingerprint density at radius 3 is 2.69 bits per heavy atom. The normalized spacial score (nSPS) is 14.4. The molecule has 0 saturated heterocycles. The molecule has 0 spiro atoms. The highest BCUT2D eigenvalue weighted by Gasteiger charge is 2.25. The first-order valence-corrected chi connectivity index (χ1v) is 6.84. The zero-order valence-corrected chi connectivity index (χ0v) is 10.4. The van der Waals surface area contributed by atoms with Gasteiger partial charge in [0.1, 0.15) is 6.16 Å². The van der Waals surface area contributed by atoms with Gasteiger partial charge in [0.15, 0.2) is 5.78 Å². The average molecular weight is 263 g/mol. The lowest BCUT2D eigenvalue weighted by Crippen LogP contribution is -2.08. The molecule has 0 aliphatic heterocycles. The maximum Gasteiger partial charge on any atom is 0.335 e. The van der Waals surface area contributed by atoms with Crippen LogP contribution in [0.3, 0.4) is 0 Å². The quantitative estimate of drug-likeness (QED) is 0.655. The fourth-order valence-electron chi connectivity index (χ4n) is 1.20. The molecule has 6 heteroatoms. The standard InChI is InChI=1S/C10H12ClO4P/c1-2-15-16(13,14)7-10(12)8-5-3-4-6-9(8)11/h3-6H,2,7H2,1H3,(H,13,14). The summed E-state index contributed by atoms with van der Waals surface area (Å²) in [6.45, 7) is 1.67. The summed E-state index contributed by atoms with van der Waals surface area (Å²) in [5, 5.41) is 0.268. The minimum atomic E-state index is -3.84. The molecule has 4 nitrogen and oxygen atoms in total. The first kappa shape index (κ1) is 13.4. The molecule has 1 aromatic rings. The summed E-state index contributed by atoms with van der Waals surface area (Å²) in [5.74, 6) is -0.495. The molecule has 1 rings (SSSR count). The highest BCUT2D eigenvalue weighted by Crippen LogP contribution is 2.42. The minimum absolute atomic E-state index is 0.0869. The molecule has 1 aromatic carbocycles. The predicted octanol–water partition coefficient (Wildman–Crippen LogP) is 2.74. The van der Waals surface area contributed by atoms with E-state index in [9.17, 15) is 14.3 Å². The number of benzene rings is 1. The van der Waals surface area contributed by atoms with E-state index in [0.29, 0.717) is 0 Å². The monoisotopic (exact) mass is 262 g/mol. The number of hydrogen-bond acceptors (Lipinski definition) is 3. The number of halogens is 1. The molecule has 0 heterocycles. The van der Waals surface area contributed by atoms with Gasteiger partial charge in [-0.05, 0) is 19.1 Å². The molecule has 0 aliphatic carbocycles. The van der Waals surface area contributed by atoms with Crippen LogP contribution in [-0.2, 0) is 9.09 Å². The molecule has 0 amide bonds. The van der Waals surface area contributed by atoms with Crippen LogP contribution in [0.4, 0.5) is 0 Å². The van der Waals surface area contributed by atoms with Crippen LogP contribution < -0.4 is 0 Å². The largest absolute Gasteiger partial charge is 0.335 e. The summed E-state index contributed by atoms with van der Waals surface area (Å²) in [6.07, 6.45) is -0.551. The maximum atomic E-state index is 11.7. The fourth-order valence-corrected chi connectivity index (χ4v) is 2.47. The Morgan fingerprint density at radius 1 is 1.50 bits per heavy atom. The van der Waals surface area contributed by atoms with Gasteiger partial charge in [0, 0.05) is 5.56 Å². The molecule has 0 radical (unpaired) electrons. The van der Waals surface area contributed by atoms with Gasteiger partial charge in [0.25, 0.3) is 0 Å². The van der Waals surface area contributed by atoms with Crippen molar-refractivity contribution in [2.24, 2.45) is 0 Å². The van der Waals surface area contributed by atoms with Gasteiger partial charge >= 0.3 is 7.60 Å². The molecular weight excluding hydrogens is 251 g/mol. The lowest BCUT2D eigenvalue weighted by atomic mass is 10.1. The van der Waals surface area contributed by atoms with Gasteiger partial charge in [-0.1, -0.05) is 23.7 Å². The zero-order valence-electron chi connectivity index (χ0n) is 8.72. The van der Waals surface area contributed by atoms with Crippen LogP contribution in [0.25, 0.3) is 0 Å². The summed E-state index contributed by atoms with van der Waals surface area (Å²) in [6, 6.07) is 6.39. The van der Waals surface area contributed by atoms with E-state index < -0.39 is 19.5 Å². The van der Waals surface area contributed by atoms with Gasteiger partial charge in [0.2, 0.25) is 0 Å². The highest BCUT2D eigenvalue weighted by atomic mass is 35.5. The first-order chi connectivity index (χ1) is 7.46. The Morgan fingerprint density at radius 2 is 2.12 bits per heavy atom. The Hall–Kier alpha value is -0.670. The number of carbonyl (C=O) groups excluding carboxylic acids is 1. The number of carbonyl (C=O) groups is 1. The van der Waals surface area contributed by atoms with E-state index in [2.05, 4.69) is 4.52 Å². The smallest absolute Gasteiger partial charge is 0.324 e. The van der Waals surface area contributed by atoms with Crippen molar-refractivity contribution in [1.82, 2.24) is 0 Å². The number of ketones is 1. The van der Waals surface area contributed by atoms with Crippen LogP contribution in [0.2, 0.25) is 5.02 Å². The molecule has 0 saturated carbocycles. The van der Waals surface area contributed by atoms with E-state index in [1.54, 1.807) is 25.1 Å². The van der Waals surface area contributed by atoms with Crippen molar-refractivity contribution in [3.63, 3.8) is 0 Å². The van der Waals surface area contributed by atoms with Crippen molar-refractivity contribution in [1.29, 1.82) is 0 Å². The number of rotatable bonds is 5. The summed E-state index contributed by atoms with van der Waals surface area (Å²) in [5.41, 5.74) is 0.234. The lowest BCUT2D eigenvalue weighted by molar-refractivity contribution is 0.101. The maximum absolute atomic E-state index is 11.7. The number of Topliss-reactive ketones (excluding diaryl/α,β-unsaturated/α-hetero) is 1.